The first-order chi connectivity index (χ1) is 12.2. The van der Waals surface area contributed by atoms with E-state index in [9.17, 15) is 0 Å². The lowest BCUT2D eigenvalue weighted by atomic mass is 9.91. The van der Waals surface area contributed by atoms with Crippen LogP contribution in [0.4, 0.5) is 5.95 Å². The Morgan fingerprint density at radius 1 is 1.12 bits per heavy atom. The molecule has 0 amide bonds. The van der Waals surface area contributed by atoms with Crippen molar-refractivity contribution >= 4 is 28.6 Å². The number of imidazole rings is 1. The van der Waals surface area contributed by atoms with Gasteiger partial charge in [0.2, 0.25) is 5.95 Å². The van der Waals surface area contributed by atoms with Crippen molar-refractivity contribution in [2.45, 2.75) is 44.3 Å². The van der Waals surface area contributed by atoms with Crippen LogP contribution in [0.1, 0.15) is 31.2 Å². The average Bonchev–Trinajstić information content (AvgIpc) is 2.95. The number of nitrogens with two attached hydrogens (primary N) is 1. The fraction of sp³-hybridized carbons (Fsp3) is 0.350. The molecule has 130 valence electrons. The molecule has 0 radical (unpaired) electrons. The highest BCUT2D eigenvalue weighted by Crippen LogP contribution is 2.25. The van der Waals surface area contributed by atoms with Gasteiger partial charge in [0.25, 0.3) is 0 Å². The van der Waals surface area contributed by atoms with Crippen LogP contribution in [0.5, 0.6) is 0 Å². The Balaban J connectivity index is 1.70. The topological polar surface area (TPSA) is 55.9 Å². The largest absolute Gasteiger partial charge is 0.351 e. The van der Waals surface area contributed by atoms with E-state index in [2.05, 4.69) is 34.1 Å². The van der Waals surface area contributed by atoms with Crippen molar-refractivity contribution in [3.8, 4) is 0 Å². The van der Waals surface area contributed by atoms with E-state index in [-0.39, 0.29) is 12.1 Å². The second-order valence-corrected chi connectivity index (χ2v) is 7.28. The van der Waals surface area contributed by atoms with Gasteiger partial charge in [0.15, 0.2) is 0 Å². The number of fused-ring (bicyclic) bond motifs is 1. The fourth-order valence-corrected chi connectivity index (χ4v) is 3.88. The van der Waals surface area contributed by atoms with Crippen LogP contribution >= 0.6 is 11.6 Å². The molecule has 1 aliphatic rings. The molecule has 25 heavy (non-hydrogen) atoms. The molecule has 1 saturated carbocycles. The van der Waals surface area contributed by atoms with E-state index in [1.165, 1.54) is 12.8 Å². The Kier molecular flexibility index (Phi) is 4.64. The van der Waals surface area contributed by atoms with E-state index in [0.29, 0.717) is 0 Å². The molecule has 3 N–H and O–H groups in total. The third-order valence-electron chi connectivity index (χ3n) is 5.02. The van der Waals surface area contributed by atoms with Gasteiger partial charge >= 0.3 is 0 Å². The molecule has 1 aromatic heterocycles. The number of para-hydroxylation sites is 2. The maximum absolute atomic E-state index is 6.33. The van der Waals surface area contributed by atoms with E-state index in [4.69, 9.17) is 22.3 Å². The van der Waals surface area contributed by atoms with Crippen LogP contribution in [-0.2, 0) is 6.54 Å². The third-order valence-corrected chi connectivity index (χ3v) is 5.25. The van der Waals surface area contributed by atoms with Gasteiger partial charge in [-0.15, -0.1) is 0 Å². The van der Waals surface area contributed by atoms with Gasteiger partial charge in [-0.25, -0.2) is 4.98 Å². The van der Waals surface area contributed by atoms with Crippen LogP contribution in [0.15, 0.2) is 48.5 Å². The van der Waals surface area contributed by atoms with Crippen molar-refractivity contribution in [1.29, 1.82) is 0 Å². The molecule has 2 atom stereocenters. The molecule has 4 rings (SSSR count). The Bertz CT molecular complexity index is 873. The van der Waals surface area contributed by atoms with Crippen molar-refractivity contribution < 1.29 is 0 Å². The van der Waals surface area contributed by atoms with Gasteiger partial charge in [0.1, 0.15) is 0 Å². The molecule has 0 bridgehead atoms. The third kappa shape index (κ3) is 3.51. The second-order valence-electron chi connectivity index (χ2n) is 6.84. The van der Waals surface area contributed by atoms with Gasteiger partial charge in [-0.1, -0.05) is 48.7 Å². The minimum atomic E-state index is 0.188. The van der Waals surface area contributed by atoms with Gasteiger partial charge in [-0.05, 0) is 42.7 Å². The molecule has 4 nitrogen and oxygen atoms in total. The van der Waals surface area contributed by atoms with E-state index in [0.717, 1.165) is 47.0 Å². The van der Waals surface area contributed by atoms with E-state index in [1.54, 1.807) is 0 Å². The summed E-state index contributed by atoms with van der Waals surface area (Å²) >= 11 is 6.16. The summed E-state index contributed by atoms with van der Waals surface area (Å²) in [5, 5.41) is 4.37. The Morgan fingerprint density at radius 3 is 2.80 bits per heavy atom. The summed E-state index contributed by atoms with van der Waals surface area (Å²) in [5.74, 6) is 0.892. The number of halogens is 1. The van der Waals surface area contributed by atoms with Crippen LogP contribution in [0.2, 0.25) is 5.02 Å². The molecule has 1 aliphatic carbocycles. The SMILES string of the molecule is N[C@H]1CCCC[C@@H]1Nc1nc2ccccc2n1Cc1cccc(Cl)c1. The van der Waals surface area contributed by atoms with Gasteiger partial charge in [-0.2, -0.15) is 0 Å². The predicted octanol–water partition coefficient (Wildman–Crippen LogP) is 4.42. The summed E-state index contributed by atoms with van der Waals surface area (Å²) in [7, 11) is 0. The summed E-state index contributed by atoms with van der Waals surface area (Å²) in [5.41, 5.74) is 9.60. The van der Waals surface area contributed by atoms with E-state index in [1.807, 2.05) is 24.3 Å². The Hall–Kier alpha value is -2.04. The number of rotatable bonds is 4. The molecule has 0 unspecified atom stereocenters. The Labute approximate surface area is 153 Å². The zero-order chi connectivity index (χ0) is 17.2. The Morgan fingerprint density at radius 2 is 1.96 bits per heavy atom. The van der Waals surface area contributed by atoms with Crippen molar-refractivity contribution in [2.75, 3.05) is 5.32 Å². The van der Waals surface area contributed by atoms with Crippen molar-refractivity contribution in [3.63, 3.8) is 0 Å². The summed E-state index contributed by atoms with van der Waals surface area (Å²) in [6, 6.07) is 16.7. The fourth-order valence-electron chi connectivity index (χ4n) is 3.67. The van der Waals surface area contributed by atoms with Crippen LogP contribution in [0, 0.1) is 0 Å². The number of nitrogens with one attached hydrogen (secondary N) is 1. The number of aromatic nitrogens is 2. The zero-order valence-corrected chi connectivity index (χ0v) is 14.9. The smallest absolute Gasteiger partial charge is 0.204 e. The summed E-state index contributed by atoms with van der Waals surface area (Å²) in [6.45, 7) is 0.728. The average molecular weight is 355 g/mol. The monoisotopic (exact) mass is 354 g/mol. The molecule has 1 fully saturated rings. The highest BCUT2D eigenvalue weighted by Gasteiger charge is 2.23. The number of benzene rings is 2. The van der Waals surface area contributed by atoms with Gasteiger partial charge in [-0.3, -0.25) is 0 Å². The van der Waals surface area contributed by atoms with Crippen molar-refractivity contribution in [1.82, 2.24) is 9.55 Å². The molecule has 0 spiro atoms. The van der Waals surface area contributed by atoms with Crippen LogP contribution in [0.3, 0.4) is 0 Å². The normalized spacial score (nSPS) is 20.7. The van der Waals surface area contributed by atoms with E-state index < -0.39 is 0 Å². The van der Waals surface area contributed by atoms with Crippen LogP contribution in [0.25, 0.3) is 11.0 Å². The van der Waals surface area contributed by atoms with Crippen LogP contribution < -0.4 is 11.1 Å². The zero-order valence-electron chi connectivity index (χ0n) is 14.2. The minimum Gasteiger partial charge on any atom is -0.351 e. The first-order valence-electron chi connectivity index (χ1n) is 8.92. The van der Waals surface area contributed by atoms with Crippen molar-refractivity contribution in [2.24, 2.45) is 5.73 Å². The van der Waals surface area contributed by atoms with Crippen LogP contribution in [-0.4, -0.2) is 21.6 Å². The molecule has 0 aliphatic heterocycles. The molecule has 5 heteroatoms. The molecular formula is C20H23ClN4. The second kappa shape index (κ2) is 7.06. The number of nitrogens with zero attached hydrogens (tertiary/aromatic N) is 2. The quantitative estimate of drug-likeness (QED) is 0.729. The lowest BCUT2D eigenvalue weighted by molar-refractivity contribution is 0.401. The summed E-state index contributed by atoms with van der Waals surface area (Å²) in [4.78, 5) is 4.82. The summed E-state index contributed by atoms with van der Waals surface area (Å²) in [6.07, 6.45) is 4.62. The predicted molar refractivity (Wildman–Crippen MR) is 104 cm³/mol. The highest BCUT2D eigenvalue weighted by atomic mass is 35.5. The first kappa shape index (κ1) is 16.4. The molecule has 1 heterocycles. The highest BCUT2D eigenvalue weighted by molar-refractivity contribution is 6.30. The van der Waals surface area contributed by atoms with E-state index >= 15 is 0 Å². The van der Waals surface area contributed by atoms with Gasteiger partial charge in [0.05, 0.1) is 17.6 Å². The molecule has 3 aromatic rings. The first-order valence-corrected chi connectivity index (χ1v) is 9.30. The maximum Gasteiger partial charge on any atom is 0.204 e. The van der Waals surface area contributed by atoms with Crippen molar-refractivity contribution in [3.05, 3.63) is 59.1 Å². The number of hydrogen-bond acceptors (Lipinski definition) is 3. The molecule has 2 aromatic carbocycles. The molecule has 0 saturated heterocycles. The minimum absolute atomic E-state index is 0.188. The van der Waals surface area contributed by atoms with Gasteiger partial charge in [0, 0.05) is 17.1 Å². The number of hydrogen-bond donors (Lipinski definition) is 2. The lowest BCUT2D eigenvalue weighted by Crippen LogP contribution is -2.43. The number of anilines is 1. The standard InChI is InChI=1S/C20H23ClN4/c21-15-7-5-6-14(12-15)13-25-19-11-4-3-10-18(19)24-20(25)23-17-9-2-1-8-16(17)22/h3-7,10-12,16-17H,1-2,8-9,13,22H2,(H,23,24)/t16-,17-/m0/s1. The maximum atomic E-state index is 6.33. The van der Waals surface area contributed by atoms with Gasteiger partial charge < -0.3 is 15.6 Å². The summed E-state index contributed by atoms with van der Waals surface area (Å²) < 4.78 is 2.22. The molecular weight excluding hydrogens is 332 g/mol. The lowest BCUT2D eigenvalue weighted by Gasteiger charge is -2.29.